The molecule has 0 aliphatic carbocycles. The van der Waals surface area contributed by atoms with Crippen LogP contribution in [0.15, 0.2) is 12.1 Å². The van der Waals surface area contributed by atoms with Crippen LogP contribution in [0.3, 0.4) is 0 Å². The standard InChI is InChI=1S/C11H10Cl2F3NO2/c1-2-19-10(18)11(15,16)9(17)7-6(14)4-3-5(12)8(7)13/h3-4,9H,2,17H2,1H3/t9-/m1/s1. The number of ether oxygens (including phenoxy) is 1. The molecule has 1 atom stereocenters. The minimum Gasteiger partial charge on any atom is -0.462 e. The summed E-state index contributed by atoms with van der Waals surface area (Å²) in [5, 5.41) is -0.605. The minimum atomic E-state index is -4.12. The van der Waals surface area contributed by atoms with Gasteiger partial charge < -0.3 is 10.5 Å². The van der Waals surface area contributed by atoms with Crippen LogP contribution in [0.25, 0.3) is 0 Å². The first-order chi connectivity index (χ1) is 8.73. The molecule has 0 heterocycles. The molecule has 1 rings (SSSR count). The fourth-order valence-corrected chi connectivity index (χ4v) is 1.80. The summed E-state index contributed by atoms with van der Waals surface area (Å²) >= 11 is 11.2. The summed E-state index contributed by atoms with van der Waals surface area (Å²) in [4.78, 5) is 11.1. The van der Waals surface area contributed by atoms with Crippen molar-refractivity contribution in [3.05, 3.63) is 33.6 Å². The molecule has 106 valence electrons. The van der Waals surface area contributed by atoms with Crippen molar-refractivity contribution in [1.82, 2.24) is 0 Å². The van der Waals surface area contributed by atoms with Gasteiger partial charge in [-0.15, -0.1) is 0 Å². The number of rotatable bonds is 4. The molecule has 0 bridgehead atoms. The van der Waals surface area contributed by atoms with E-state index in [2.05, 4.69) is 4.74 Å². The topological polar surface area (TPSA) is 52.3 Å². The van der Waals surface area contributed by atoms with Gasteiger partial charge in [-0.05, 0) is 19.1 Å². The Morgan fingerprint density at radius 2 is 2.05 bits per heavy atom. The molecule has 0 spiro atoms. The normalized spacial score (nSPS) is 13.2. The van der Waals surface area contributed by atoms with Crippen LogP contribution in [0.1, 0.15) is 18.5 Å². The zero-order valence-corrected chi connectivity index (χ0v) is 11.2. The fraction of sp³-hybridized carbons (Fsp3) is 0.364. The number of alkyl halides is 2. The number of benzene rings is 1. The van der Waals surface area contributed by atoms with Gasteiger partial charge in [0.2, 0.25) is 0 Å². The number of nitrogens with two attached hydrogens (primary N) is 1. The Balaban J connectivity index is 3.23. The SMILES string of the molecule is CCOC(=O)C(F)(F)[C@H](N)c1c(F)ccc(Cl)c1Cl. The van der Waals surface area contributed by atoms with Crippen molar-refractivity contribution < 1.29 is 22.7 Å². The summed E-state index contributed by atoms with van der Waals surface area (Å²) in [5.74, 6) is -7.05. The maximum absolute atomic E-state index is 13.7. The number of carbonyl (C=O) groups is 1. The van der Waals surface area contributed by atoms with Crippen molar-refractivity contribution in [1.29, 1.82) is 0 Å². The predicted octanol–water partition coefficient (Wildman–Crippen LogP) is 3.33. The molecule has 0 saturated heterocycles. The van der Waals surface area contributed by atoms with Crippen LogP contribution in [0.2, 0.25) is 10.0 Å². The van der Waals surface area contributed by atoms with Gasteiger partial charge in [-0.2, -0.15) is 8.78 Å². The number of esters is 1. The molecular weight excluding hydrogens is 306 g/mol. The molecule has 0 radical (unpaired) electrons. The molecule has 0 aliphatic rings. The predicted molar refractivity (Wildman–Crippen MR) is 64.9 cm³/mol. The lowest BCUT2D eigenvalue weighted by Gasteiger charge is -2.23. The average Bonchev–Trinajstić information content (AvgIpc) is 2.34. The molecule has 8 heteroatoms. The van der Waals surface area contributed by atoms with E-state index in [9.17, 15) is 18.0 Å². The second-order valence-electron chi connectivity index (χ2n) is 3.58. The zero-order chi connectivity index (χ0) is 14.8. The Labute approximate surface area is 117 Å². The van der Waals surface area contributed by atoms with E-state index in [-0.39, 0.29) is 11.6 Å². The molecule has 2 N–H and O–H groups in total. The fourth-order valence-electron chi connectivity index (χ4n) is 1.36. The van der Waals surface area contributed by atoms with E-state index in [0.717, 1.165) is 12.1 Å². The Kier molecular flexibility index (Phi) is 5.06. The van der Waals surface area contributed by atoms with E-state index >= 15 is 0 Å². The highest BCUT2D eigenvalue weighted by molar-refractivity contribution is 6.42. The lowest BCUT2D eigenvalue weighted by atomic mass is 10.0. The average molecular weight is 316 g/mol. The maximum atomic E-state index is 13.7. The minimum absolute atomic E-state index is 0.145. The second kappa shape index (κ2) is 5.98. The first kappa shape index (κ1) is 16.1. The van der Waals surface area contributed by atoms with Crippen LogP contribution >= 0.6 is 23.2 Å². The van der Waals surface area contributed by atoms with Gasteiger partial charge in [-0.3, -0.25) is 0 Å². The summed E-state index contributed by atoms with van der Waals surface area (Å²) < 4.78 is 45.2. The highest BCUT2D eigenvalue weighted by atomic mass is 35.5. The largest absolute Gasteiger partial charge is 0.462 e. The number of hydrogen-bond acceptors (Lipinski definition) is 3. The number of hydrogen-bond donors (Lipinski definition) is 1. The maximum Gasteiger partial charge on any atom is 0.379 e. The van der Waals surface area contributed by atoms with Crippen LogP contribution in [0, 0.1) is 5.82 Å². The lowest BCUT2D eigenvalue weighted by Crippen LogP contribution is -2.42. The number of carbonyl (C=O) groups excluding carboxylic acids is 1. The van der Waals surface area contributed by atoms with Crippen LogP contribution in [-0.2, 0) is 9.53 Å². The van der Waals surface area contributed by atoms with Crippen LogP contribution in [0.5, 0.6) is 0 Å². The molecule has 0 fully saturated rings. The quantitative estimate of drug-likeness (QED) is 0.685. The van der Waals surface area contributed by atoms with E-state index < -0.39 is 34.3 Å². The molecule has 3 nitrogen and oxygen atoms in total. The van der Waals surface area contributed by atoms with E-state index in [1.54, 1.807) is 0 Å². The molecule has 19 heavy (non-hydrogen) atoms. The smallest absolute Gasteiger partial charge is 0.379 e. The van der Waals surface area contributed by atoms with Gasteiger partial charge in [-0.25, -0.2) is 9.18 Å². The van der Waals surface area contributed by atoms with E-state index in [1.807, 2.05) is 0 Å². The van der Waals surface area contributed by atoms with E-state index in [0.29, 0.717) is 0 Å². The van der Waals surface area contributed by atoms with Crippen LogP contribution in [-0.4, -0.2) is 18.5 Å². The molecule has 0 aliphatic heterocycles. The summed E-state index contributed by atoms with van der Waals surface area (Å²) in [6.45, 7) is 1.10. The summed E-state index contributed by atoms with van der Waals surface area (Å²) in [5.41, 5.74) is 4.51. The monoisotopic (exact) mass is 315 g/mol. The van der Waals surface area contributed by atoms with Crippen molar-refractivity contribution in [3.8, 4) is 0 Å². The molecule has 0 amide bonds. The number of halogens is 5. The molecule has 1 aromatic rings. The summed E-state index contributed by atoms with van der Waals surface area (Å²) in [6, 6.07) is -0.361. The van der Waals surface area contributed by atoms with Crippen molar-refractivity contribution in [2.45, 2.75) is 18.9 Å². The Hall–Kier alpha value is -0.980. The Morgan fingerprint density at radius 3 is 2.58 bits per heavy atom. The van der Waals surface area contributed by atoms with Gasteiger partial charge in [0.25, 0.3) is 0 Å². The van der Waals surface area contributed by atoms with E-state index in [4.69, 9.17) is 28.9 Å². The van der Waals surface area contributed by atoms with Gasteiger partial charge in [0.05, 0.1) is 16.7 Å². The van der Waals surface area contributed by atoms with Gasteiger partial charge in [-0.1, -0.05) is 23.2 Å². The van der Waals surface area contributed by atoms with Gasteiger partial charge in [0.15, 0.2) is 0 Å². The second-order valence-corrected chi connectivity index (χ2v) is 4.36. The third-order valence-electron chi connectivity index (χ3n) is 2.33. The molecule has 0 saturated carbocycles. The van der Waals surface area contributed by atoms with Gasteiger partial charge >= 0.3 is 11.9 Å². The van der Waals surface area contributed by atoms with Gasteiger partial charge in [0, 0.05) is 5.56 Å². The van der Waals surface area contributed by atoms with Crippen LogP contribution in [0.4, 0.5) is 13.2 Å². The lowest BCUT2D eigenvalue weighted by molar-refractivity contribution is -0.174. The van der Waals surface area contributed by atoms with Gasteiger partial charge in [0.1, 0.15) is 11.9 Å². The van der Waals surface area contributed by atoms with Crippen molar-refractivity contribution in [2.24, 2.45) is 5.73 Å². The Bertz CT molecular complexity index is 497. The summed E-state index contributed by atoms with van der Waals surface area (Å²) in [6.07, 6.45) is 0. The molecular formula is C11H10Cl2F3NO2. The molecule has 0 aromatic heterocycles. The van der Waals surface area contributed by atoms with Crippen molar-refractivity contribution in [2.75, 3.05) is 6.61 Å². The first-order valence-corrected chi connectivity index (χ1v) is 5.93. The van der Waals surface area contributed by atoms with Crippen molar-refractivity contribution in [3.63, 3.8) is 0 Å². The third-order valence-corrected chi connectivity index (χ3v) is 3.15. The van der Waals surface area contributed by atoms with Crippen LogP contribution < -0.4 is 5.73 Å². The highest BCUT2D eigenvalue weighted by Gasteiger charge is 2.49. The first-order valence-electron chi connectivity index (χ1n) is 5.17. The van der Waals surface area contributed by atoms with E-state index in [1.165, 1.54) is 6.92 Å². The summed E-state index contributed by atoms with van der Waals surface area (Å²) in [7, 11) is 0. The zero-order valence-electron chi connectivity index (χ0n) is 9.72. The highest BCUT2D eigenvalue weighted by Crippen LogP contribution is 2.38. The third kappa shape index (κ3) is 3.13. The Morgan fingerprint density at radius 1 is 1.47 bits per heavy atom. The molecule has 0 unspecified atom stereocenters. The molecule has 1 aromatic carbocycles. The van der Waals surface area contributed by atoms with Crippen molar-refractivity contribution >= 4 is 29.2 Å².